The maximum Gasteiger partial charge on any atom is 0.0900 e. The number of hydrogen-bond acceptors (Lipinski definition) is 4. The van der Waals surface area contributed by atoms with Crippen molar-refractivity contribution in [2.75, 3.05) is 13.2 Å². The van der Waals surface area contributed by atoms with E-state index in [1.54, 1.807) is 0 Å². The molecule has 0 radical (unpaired) electrons. The predicted molar refractivity (Wildman–Crippen MR) is 84.2 cm³/mol. The number of aliphatic hydroxyl groups excluding tert-OH is 1. The molecule has 0 aromatic carbocycles. The van der Waals surface area contributed by atoms with Crippen molar-refractivity contribution in [2.24, 2.45) is 0 Å². The van der Waals surface area contributed by atoms with E-state index in [9.17, 15) is 5.11 Å². The Bertz CT molecular complexity index is 420. The zero-order valence-electron chi connectivity index (χ0n) is 13.1. The standard InChI is InChI=1S/C16H27NO2S/c1-12-5-8-15(20-12)10-17(13-6-7-13)9-14(18)11-19-16(2,3)4/h5,8,13-14,18H,6-7,9-11H2,1-4H3. The van der Waals surface area contributed by atoms with Gasteiger partial charge >= 0.3 is 0 Å². The molecule has 0 aliphatic heterocycles. The molecular formula is C16H27NO2S. The van der Waals surface area contributed by atoms with E-state index in [0.717, 1.165) is 6.54 Å². The Kier molecular flexibility index (Phi) is 5.24. The van der Waals surface area contributed by atoms with Gasteiger partial charge in [0.25, 0.3) is 0 Å². The molecule has 1 N–H and O–H groups in total. The highest BCUT2D eigenvalue weighted by Crippen LogP contribution is 2.30. The molecule has 1 aromatic rings. The van der Waals surface area contributed by atoms with Gasteiger partial charge < -0.3 is 9.84 Å². The largest absolute Gasteiger partial charge is 0.389 e. The highest BCUT2D eigenvalue weighted by atomic mass is 32.1. The molecule has 0 saturated heterocycles. The van der Waals surface area contributed by atoms with E-state index in [1.165, 1.54) is 22.6 Å². The van der Waals surface area contributed by atoms with Crippen LogP contribution in [0.3, 0.4) is 0 Å². The highest BCUT2D eigenvalue weighted by molar-refractivity contribution is 7.11. The number of nitrogens with zero attached hydrogens (tertiary/aromatic N) is 1. The van der Waals surface area contributed by atoms with Crippen LogP contribution >= 0.6 is 11.3 Å². The Morgan fingerprint density at radius 3 is 2.60 bits per heavy atom. The Morgan fingerprint density at radius 1 is 1.40 bits per heavy atom. The smallest absolute Gasteiger partial charge is 0.0900 e. The topological polar surface area (TPSA) is 32.7 Å². The summed E-state index contributed by atoms with van der Waals surface area (Å²) in [7, 11) is 0. The fraction of sp³-hybridized carbons (Fsp3) is 0.750. The van der Waals surface area contributed by atoms with Crippen molar-refractivity contribution in [1.29, 1.82) is 0 Å². The van der Waals surface area contributed by atoms with Crippen molar-refractivity contribution >= 4 is 11.3 Å². The predicted octanol–water partition coefficient (Wildman–Crippen LogP) is 3.20. The van der Waals surface area contributed by atoms with Crippen molar-refractivity contribution in [3.8, 4) is 0 Å². The van der Waals surface area contributed by atoms with E-state index in [0.29, 0.717) is 19.2 Å². The second kappa shape index (κ2) is 6.56. The third kappa shape index (κ3) is 5.52. The van der Waals surface area contributed by atoms with Gasteiger partial charge in [0, 0.05) is 28.9 Å². The van der Waals surface area contributed by atoms with Crippen LogP contribution in [0, 0.1) is 6.92 Å². The molecule has 20 heavy (non-hydrogen) atoms. The summed E-state index contributed by atoms with van der Waals surface area (Å²) < 4.78 is 5.67. The molecule has 1 aromatic heterocycles. The minimum absolute atomic E-state index is 0.184. The first kappa shape index (κ1) is 16.0. The SMILES string of the molecule is Cc1ccc(CN(CC(O)COC(C)(C)C)C2CC2)s1. The number of aliphatic hydroxyl groups is 1. The van der Waals surface area contributed by atoms with E-state index in [2.05, 4.69) is 24.0 Å². The number of aryl methyl sites for hydroxylation is 1. The molecule has 0 spiro atoms. The Hall–Kier alpha value is -0.420. The zero-order valence-corrected chi connectivity index (χ0v) is 13.9. The van der Waals surface area contributed by atoms with Gasteiger partial charge in [-0.3, -0.25) is 4.90 Å². The van der Waals surface area contributed by atoms with Crippen LogP contribution in [-0.2, 0) is 11.3 Å². The first-order chi connectivity index (χ1) is 9.33. The number of ether oxygens (including phenoxy) is 1. The minimum Gasteiger partial charge on any atom is -0.389 e. The van der Waals surface area contributed by atoms with E-state index in [-0.39, 0.29) is 5.60 Å². The Labute approximate surface area is 126 Å². The van der Waals surface area contributed by atoms with Crippen LogP contribution in [-0.4, -0.2) is 40.9 Å². The molecule has 1 unspecified atom stereocenters. The van der Waals surface area contributed by atoms with Crippen LogP contribution in [0.1, 0.15) is 43.4 Å². The molecule has 1 heterocycles. The van der Waals surface area contributed by atoms with Gasteiger partial charge in [-0.2, -0.15) is 0 Å². The van der Waals surface area contributed by atoms with Crippen LogP contribution in [0.15, 0.2) is 12.1 Å². The van der Waals surface area contributed by atoms with E-state index < -0.39 is 6.10 Å². The highest BCUT2D eigenvalue weighted by Gasteiger charge is 2.30. The van der Waals surface area contributed by atoms with Crippen molar-refractivity contribution in [2.45, 2.75) is 64.8 Å². The average Bonchev–Trinajstić information content (AvgIpc) is 3.10. The molecule has 1 aliphatic rings. The first-order valence-electron chi connectivity index (χ1n) is 7.45. The van der Waals surface area contributed by atoms with Gasteiger partial charge in [0.1, 0.15) is 0 Å². The van der Waals surface area contributed by atoms with Crippen LogP contribution in [0.4, 0.5) is 0 Å². The molecule has 114 valence electrons. The van der Waals surface area contributed by atoms with Gasteiger partial charge in [-0.25, -0.2) is 0 Å². The van der Waals surface area contributed by atoms with Crippen molar-refractivity contribution < 1.29 is 9.84 Å². The maximum absolute atomic E-state index is 10.2. The lowest BCUT2D eigenvalue weighted by Gasteiger charge is -2.27. The first-order valence-corrected chi connectivity index (χ1v) is 8.26. The molecular weight excluding hydrogens is 270 g/mol. The van der Waals surface area contributed by atoms with Gasteiger partial charge in [-0.1, -0.05) is 0 Å². The molecule has 4 heteroatoms. The molecule has 1 aliphatic carbocycles. The van der Waals surface area contributed by atoms with Crippen LogP contribution in [0.25, 0.3) is 0 Å². The monoisotopic (exact) mass is 297 g/mol. The zero-order chi connectivity index (χ0) is 14.8. The molecule has 0 bridgehead atoms. The fourth-order valence-corrected chi connectivity index (χ4v) is 3.14. The molecule has 1 fully saturated rings. The van der Waals surface area contributed by atoms with Gasteiger partial charge in [-0.05, 0) is 52.7 Å². The minimum atomic E-state index is -0.407. The van der Waals surface area contributed by atoms with E-state index >= 15 is 0 Å². The van der Waals surface area contributed by atoms with Gasteiger partial charge in [0.15, 0.2) is 0 Å². The third-order valence-electron chi connectivity index (χ3n) is 3.37. The van der Waals surface area contributed by atoms with Crippen molar-refractivity contribution in [1.82, 2.24) is 4.90 Å². The Balaban J connectivity index is 1.83. The molecule has 1 saturated carbocycles. The molecule has 0 amide bonds. The van der Waals surface area contributed by atoms with Crippen LogP contribution < -0.4 is 0 Å². The fourth-order valence-electron chi connectivity index (χ4n) is 2.22. The molecule has 1 atom stereocenters. The second-order valence-corrected chi connectivity index (χ2v) is 8.12. The average molecular weight is 297 g/mol. The Morgan fingerprint density at radius 2 is 2.10 bits per heavy atom. The summed E-state index contributed by atoms with van der Waals surface area (Å²) in [5.74, 6) is 0. The summed E-state index contributed by atoms with van der Waals surface area (Å²) in [4.78, 5) is 5.15. The quantitative estimate of drug-likeness (QED) is 0.839. The molecule has 2 rings (SSSR count). The van der Waals surface area contributed by atoms with Crippen molar-refractivity contribution in [3.05, 3.63) is 21.9 Å². The van der Waals surface area contributed by atoms with Gasteiger partial charge in [-0.15, -0.1) is 11.3 Å². The van der Waals surface area contributed by atoms with E-state index in [1.807, 2.05) is 32.1 Å². The summed E-state index contributed by atoms with van der Waals surface area (Å²) >= 11 is 1.85. The van der Waals surface area contributed by atoms with Gasteiger partial charge in [0.2, 0.25) is 0 Å². The normalized spacial score (nSPS) is 17.7. The third-order valence-corrected chi connectivity index (χ3v) is 4.36. The van der Waals surface area contributed by atoms with Gasteiger partial charge in [0.05, 0.1) is 18.3 Å². The van der Waals surface area contributed by atoms with Crippen LogP contribution in [0.5, 0.6) is 0 Å². The van der Waals surface area contributed by atoms with E-state index in [4.69, 9.17) is 4.74 Å². The summed E-state index contributed by atoms with van der Waals surface area (Å²) in [6, 6.07) is 5.03. The van der Waals surface area contributed by atoms with Crippen molar-refractivity contribution in [3.63, 3.8) is 0 Å². The number of rotatable bonds is 7. The summed E-state index contributed by atoms with van der Waals surface area (Å²) in [6.07, 6.45) is 2.12. The number of hydrogen-bond donors (Lipinski definition) is 1. The second-order valence-electron chi connectivity index (χ2n) is 6.75. The summed E-state index contributed by atoms with van der Waals surface area (Å²) in [5.41, 5.74) is -0.184. The summed E-state index contributed by atoms with van der Waals surface area (Å²) in [6.45, 7) is 10.3. The van der Waals surface area contributed by atoms with Crippen LogP contribution in [0.2, 0.25) is 0 Å². The molecule has 3 nitrogen and oxygen atoms in total. The summed E-state index contributed by atoms with van der Waals surface area (Å²) in [5, 5.41) is 10.2. The maximum atomic E-state index is 10.2. The number of thiophene rings is 1. The lowest BCUT2D eigenvalue weighted by atomic mass is 10.2. The lowest BCUT2D eigenvalue weighted by Crippen LogP contribution is -2.37. The lowest BCUT2D eigenvalue weighted by molar-refractivity contribution is -0.0572.